The zero-order valence-electron chi connectivity index (χ0n) is 10.6. The molecule has 0 aromatic heterocycles. The molecule has 0 heterocycles. The smallest absolute Gasteiger partial charge is 0.255 e. The monoisotopic (exact) mass is 300 g/mol. The minimum absolute atomic E-state index is 0.0360. The number of nitrogens with zero attached hydrogens (tertiary/aromatic N) is 2. The van der Waals surface area contributed by atoms with Gasteiger partial charge in [0.2, 0.25) is 0 Å². The van der Waals surface area contributed by atoms with E-state index >= 15 is 0 Å². The summed E-state index contributed by atoms with van der Waals surface area (Å²) >= 11 is 5.91. The molecular formula is C12H13ClN2O3S. The first kappa shape index (κ1) is 15.5. The van der Waals surface area contributed by atoms with Crippen molar-refractivity contribution in [1.82, 2.24) is 4.90 Å². The van der Waals surface area contributed by atoms with Crippen molar-refractivity contribution in [2.24, 2.45) is 0 Å². The molecule has 0 spiro atoms. The van der Waals surface area contributed by atoms with E-state index in [-0.39, 0.29) is 28.4 Å². The molecule has 1 rings (SSSR count). The maximum Gasteiger partial charge on any atom is 0.255 e. The first-order valence-corrected chi connectivity index (χ1v) is 7.66. The summed E-state index contributed by atoms with van der Waals surface area (Å²) in [4.78, 5) is 13.5. The molecule has 0 unspecified atom stereocenters. The second-order valence-electron chi connectivity index (χ2n) is 4.05. The van der Waals surface area contributed by atoms with Crippen molar-refractivity contribution in [2.75, 3.05) is 19.8 Å². The molecule has 0 aliphatic heterocycles. The van der Waals surface area contributed by atoms with Crippen molar-refractivity contribution in [1.29, 1.82) is 5.26 Å². The number of benzene rings is 1. The number of sulfone groups is 1. The Morgan fingerprint density at radius 3 is 2.63 bits per heavy atom. The molecule has 102 valence electrons. The largest absolute Gasteiger partial charge is 0.341 e. The summed E-state index contributed by atoms with van der Waals surface area (Å²) in [5.41, 5.74) is 0.116. The Labute approximate surface area is 117 Å². The van der Waals surface area contributed by atoms with E-state index in [0.717, 1.165) is 6.26 Å². The van der Waals surface area contributed by atoms with Crippen LogP contribution in [0.3, 0.4) is 0 Å². The molecule has 0 N–H and O–H groups in total. The fourth-order valence-electron chi connectivity index (χ4n) is 1.42. The highest BCUT2D eigenvalue weighted by molar-refractivity contribution is 7.90. The molecule has 0 bridgehead atoms. The number of carbonyl (C=O) groups is 1. The summed E-state index contributed by atoms with van der Waals surface area (Å²) in [6.07, 6.45) is 1.26. The Balaban J connectivity index is 3.13. The van der Waals surface area contributed by atoms with Crippen LogP contribution in [-0.2, 0) is 9.84 Å². The SMILES string of the molecule is CN(CCC#N)C(=O)c1cc(S(C)(=O)=O)ccc1Cl. The summed E-state index contributed by atoms with van der Waals surface area (Å²) in [5, 5.41) is 8.66. The van der Waals surface area contributed by atoms with Crippen LogP contribution < -0.4 is 0 Å². The van der Waals surface area contributed by atoms with Gasteiger partial charge < -0.3 is 4.90 Å². The lowest BCUT2D eigenvalue weighted by atomic mass is 10.2. The third-order valence-electron chi connectivity index (χ3n) is 2.50. The minimum Gasteiger partial charge on any atom is -0.341 e. The molecule has 0 aliphatic rings. The van der Waals surface area contributed by atoms with E-state index in [1.54, 1.807) is 0 Å². The highest BCUT2D eigenvalue weighted by Crippen LogP contribution is 2.21. The van der Waals surface area contributed by atoms with Gasteiger partial charge in [0.25, 0.3) is 5.91 Å². The van der Waals surface area contributed by atoms with E-state index in [1.807, 2.05) is 6.07 Å². The van der Waals surface area contributed by atoms with Crippen LogP contribution in [0, 0.1) is 11.3 Å². The van der Waals surface area contributed by atoms with Crippen LogP contribution in [0.15, 0.2) is 23.1 Å². The zero-order chi connectivity index (χ0) is 14.6. The highest BCUT2D eigenvalue weighted by atomic mass is 35.5. The maximum atomic E-state index is 12.1. The number of rotatable bonds is 4. The molecule has 7 heteroatoms. The van der Waals surface area contributed by atoms with E-state index in [4.69, 9.17) is 16.9 Å². The summed E-state index contributed by atoms with van der Waals surface area (Å²) < 4.78 is 22.9. The Bertz CT molecular complexity index is 635. The van der Waals surface area contributed by atoms with Gasteiger partial charge >= 0.3 is 0 Å². The van der Waals surface area contributed by atoms with Crippen LogP contribution in [0.4, 0.5) is 0 Å². The van der Waals surface area contributed by atoms with E-state index in [9.17, 15) is 13.2 Å². The topological polar surface area (TPSA) is 78.2 Å². The van der Waals surface area contributed by atoms with Gasteiger partial charge in [0, 0.05) is 19.8 Å². The zero-order valence-corrected chi connectivity index (χ0v) is 12.1. The normalized spacial score (nSPS) is 10.8. The Hall–Kier alpha value is -1.58. The molecule has 0 atom stereocenters. The summed E-state index contributed by atoms with van der Waals surface area (Å²) in [6, 6.07) is 5.91. The number of hydrogen-bond donors (Lipinski definition) is 0. The molecule has 1 aromatic rings. The van der Waals surface area contributed by atoms with Gasteiger partial charge in [0.05, 0.1) is 28.0 Å². The number of hydrogen-bond acceptors (Lipinski definition) is 4. The second-order valence-corrected chi connectivity index (χ2v) is 6.47. The van der Waals surface area contributed by atoms with E-state index in [2.05, 4.69) is 0 Å². The van der Waals surface area contributed by atoms with Gasteiger partial charge in [0.1, 0.15) is 0 Å². The van der Waals surface area contributed by atoms with Gasteiger partial charge in [-0.2, -0.15) is 5.26 Å². The third-order valence-corrected chi connectivity index (χ3v) is 3.94. The molecule has 0 radical (unpaired) electrons. The third kappa shape index (κ3) is 3.94. The van der Waals surface area contributed by atoms with Crippen LogP contribution in [-0.4, -0.2) is 39.1 Å². The van der Waals surface area contributed by atoms with Crippen LogP contribution >= 0.6 is 11.6 Å². The van der Waals surface area contributed by atoms with Crippen molar-refractivity contribution < 1.29 is 13.2 Å². The van der Waals surface area contributed by atoms with Gasteiger partial charge in [-0.3, -0.25) is 4.79 Å². The van der Waals surface area contributed by atoms with Gasteiger partial charge in [-0.15, -0.1) is 0 Å². The number of amides is 1. The molecule has 1 aromatic carbocycles. The fourth-order valence-corrected chi connectivity index (χ4v) is 2.27. The van der Waals surface area contributed by atoms with Crippen LogP contribution in [0.2, 0.25) is 5.02 Å². The second kappa shape index (κ2) is 6.04. The molecule has 19 heavy (non-hydrogen) atoms. The van der Waals surface area contributed by atoms with Crippen molar-refractivity contribution in [3.8, 4) is 6.07 Å². The van der Waals surface area contributed by atoms with Gasteiger partial charge in [-0.05, 0) is 18.2 Å². The van der Waals surface area contributed by atoms with Crippen LogP contribution in [0.25, 0.3) is 0 Å². The highest BCUT2D eigenvalue weighted by Gasteiger charge is 2.18. The van der Waals surface area contributed by atoms with Gasteiger partial charge in [-0.25, -0.2) is 8.42 Å². The summed E-state index contributed by atoms with van der Waals surface area (Å²) in [6.45, 7) is 0.259. The molecular weight excluding hydrogens is 288 g/mol. The maximum absolute atomic E-state index is 12.1. The van der Waals surface area contributed by atoms with E-state index < -0.39 is 15.7 Å². The van der Waals surface area contributed by atoms with Crippen molar-refractivity contribution in [2.45, 2.75) is 11.3 Å². The predicted molar refractivity (Wildman–Crippen MR) is 71.8 cm³/mol. The van der Waals surface area contributed by atoms with E-state index in [0.29, 0.717) is 0 Å². The fraction of sp³-hybridized carbons (Fsp3) is 0.333. The van der Waals surface area contributed by atoms with E-state index in [1.165, 1.54) is 30.1 Å². The van der Waals surface area contributed by atoms with Crippen molar-refractivity contribution >= 4 is 27.3 Å². The quantitative estimate of drug-likeness (QED) is 0.848. The average Bonchev–Trinajstić information content (AvgIpc) is 2.34. The Morgan fingerprint density at radius 2 is 2.11 bits per heavy atom. The predicted octanol–water partition coefficient (Wildman–Crippen LogP) is 1.73. The minimum atomic E-state index is -3.40. The van der Waals surface area contributed by atoms with Crippen LogP contribution in [0.5, 0.6) is 0 Å². The lowest BCUT2D eigenvalue weighted by Gasteiger charge is -2.16. The number of halogens is 1. The number of carbonyl (C=O) groups excluding carboxylic acids is 1. The first-order valence-electron chi connectivity index (χ1n) is 5.39. The summed E-state index contributed by atoms with van der Waals surface area (Å²) in [7, 11) is -1.87. The number of nitriles is 1. The molecule has 0 saturated carbocycles. The summed E-state index contributed by atoms with van der Waals surface area (Å²) in [5.74, 6) is -0.411. The lowest BCUT2D eigenvalue weighted by molar-refractivity contribution is 0.0798. The molecule has 5 nitrogen and oxygen atoms in total. The van der Waals surface area contributed by atoms with Gasteiger partial charge in [-0.1, -0.05) is 11.6 Å². The van der Waals surface area contributed by atoms with Crippen molar-refractivity contribution in [3.05, 3.63) is 28.8 Å². The standard InChI is InChI=1S/C12H13ClN2O3S/c1-15(7-3-6-14)12(16)10-8-9(19(2,17)18)4-5-11(10)13/h4-5,8H,3,7H2,1-2H3. The average molecular weight is 301 g/mol. The Morgan fingerprint density at radius 1 is 1.47 bits per heavy atom. The molecule has 0 aliphatic carbocycles. The van der Waals surface area contributed by atoms with Crippen LogP contribution in [0.1, 0.15) is 16.8 Å². The van der Waals surface area contributed by atoms with Gasteiger partial charge in [0.15, 0.2) is 9.84 Å². The van der Waals surface area contributed by atoms with Crippen molar-refractivity contribution in [3.63, 3.8) is 0 Å². The molecule has 1 amide bonds. The molecule has 0 saturated heterocycles. The Kier molecular flexibility index (Phi) is 4.92. The molecule has 0 fully saturated rings. The lowest BCUT2D eigenvalue weighted by Crippen LogP contribution is -2.28. The first-order chi connectivity index (χ1) is 8.77.